The van der Waals surface area contributed by atoms with Gasteiger partial charge in [-0.25, -0.2) is 0 Å². The fourth-order valence-corrected chi connectivity index (χ4v) is 3.06. The quantitative estimate of drug-likeness (QED) is 0.794. The van der Waals surface area contributed by atoms with E-state index in [2.05, 4.69) is 15.9 Å². The molecule has 1 fully saturated rings. The van der Waals surface area contributed by atoms with Crippen molar-refractivity contribution in [1.29, 1.82) is 0 Å². The van der Waals surface area contributed by atoms with Gasteiger partial charge in [-0.3, -0.25) is 4.79 Å². The second kappa shape index (κ2) is 5.93. The molecule has 1 saturated heterocycles. The first-order valence-corrected chi connectivity index (χ1v) is 7.36. The Kier molecular flexibility index (Phi) is 4.51. The molecule has 1 atom stereocenters. The van der Waals surface area contributed by atoms with Crippen LogP contribution in [0, 0.1) is 0 Å². The van der Waals surface area contributed by atoms with Crippen LogP contribution in [0.1, 0.15) is 24.4 Å². The fraction of sp³-hybridized carbons (Fsp3) is 0.462. The standard InChI is InChI=1S/C13H15BrClNO2/c1-18-11-6-2-4-9(13(11)15)10-5-3-7-16(10)12(17)8-14/h2,4,6,10H,3,5,7-8H2,1H3/t10-/m0/s1. The lowest BCUT2D eigenvalue weighted by Gasteiger charge is -2.25. The van der Waals surface area contributed by atoms with Crippen LogP contribution in [-0.2, 0) is 4.79 Å². The number of halogens is 2. The Balaban J connectivity index is 2.33. The number of hydrogen-bond acceptors (Lipinski definition) is 2. The minimum absolute atomic E-state index is 0.0673. The number of benzene rings is 1. The molecule has 0 spiro atoms. The van der Waals surface area contributed by atoms with Gasteiger partial charge in [0.1, 0.15) is 5.75 Å². The van der Waals surface area contributed by atoms with Crippen LogP contribution < -0.4 is 4.74 Å². The number of alkyl halides is 1. The Bertz CT molecular complexity index is 453. The van der Waals surface area contributed by atoms with Crippen molar-refractivity contribution in [2.45, 2.75) is 18.9 Å². The van der Waals surface area contributed by atoms with E-state index in [-0.39, 0.29) is 11.9 Å². The maximum atomic E-state index is 11.9. The molecule has 0 aromatic heterocycles. The Morgan fingerprint density at radius 2 is 2.39 bits per heavy atom. The summed E-state index contributed by atoms with van der Waals surface area (Å²) in [5.41, 5.74) is 0.975. The molecule has 1 amide bonds. The molecule has 1 aliphatic heterocycles. The zero-order valence-electron chi connectivity index (χ0n) is 10.2. The van der Waals surface area contributed by atoms with Crippen molar-refractivity contribution in [3.05, 3.63) is 28.8 Å². The van der Waals surface area contributed by atoms with Gasteiger partial charge in [-0.15, -0.1) is 0 Å². The zero-order chi connectivity index (χ0) is 13.1. The van der Waals surface area contributed by atoms with E-state index < -0.39 is 0 Å². The Morgan fingerprint density at radius 3 is 3.06 bits per heavy atom. The van der Waals surface area contributed by atoms with Crippen LogP contribution >= 0.6 is 27.5 Å². The van der Waals surface area contributed by atoms with Gasteiger partial charge in [0.05, 0.1) is 23.5 Å². The molecule has 5 heteroatoms. The fourth-order valence-electron chi connectivity index (χ4n) is 2.41. The topological polar surface area (TPSA) is 29.5 Å². The van der Waals surface area contributed by atoms with Gasteiger partial charge in [-0.05, 0) is 24.5 Å². The van der Waals surface area contributed by atoms with Gasteiger partial charge >= 0.3 is 0 Å². The lowest BCUT2D eigenvalue weighted by atomic mass is 10.0. The summed E-state index contributed by atoms with van der Waals surface area (Å²) in [6, 6.07) is 5.78. The molecule has 1 heterocycles. The maximum Gasteiger partial charge on any atom is 0.233 e. The van der Waals surface area contributed by atoms with Gasteiger partial charge in [0.25, 0.3) is 0 Å². The van der Waals surface area contributed by atoms with Gasteiger partial charge in [0.15, 0.2) is 0 Å². The van der Waals surface area contributed by atoms with Gasteiger partial charge in [-0.2, -0.15) is 0 Å². The summed E-state index contributed by atoms with van der Waals surface area (Å²) in [5.74, 6) is 0.767. The molecule has 0 N–H and O–H groups in total. The summed E-state index contributed by atoms with van der Waals surface area (Å²) in [4.78, 5) is 13.8. The summed E-state index contributed by atoms with van der Waals surface area (Å²) in [6.45, 7) is 0.794. The smallest absolute Gasteiger partial charge is 0.233 e. The highest BCUT2D eigenvalue weighted by Crippen LogP contribution is 2.39. The van der Waals surface area contributed by atoms with E-state index >= 15 is 0 Å². The van der Waals surface area contributed by atoms with Crippen LogP contribution in [0.15, 0.2) is 18.2 Å². The SMILES string of the molecule is COc1cccc([C@@H]2CCCN2C(=O)CBr)c1Cl. The van der Waals surface area contributed by atoms with Gasteiger partial charge in [0, 0.05) is 6.54 Å². The van der Waals surface area contributed by atoms with E-state index in [9.17, 15) is 4.79 Å². The Hall–Kier alpha value is -0.740. The van der Waals surface area contributed by atoms with Crippen LogP contribution in [0.5, 0.6) is 5.75 Å². The number of nitrogens with zero attached hydrogens (tertiary/aromatic N) is 1. The zero-order valence-corrected chi connectivity index (χ0v) is 12.5. The van der Waals surface area contributed by atoms with E-state index in [4.69, 9.17) is 16.3 Å². The first-order valence-electron chi connectivity index (χ1n) is 5.87. The van der Waals surface area contributed by atoms with E-state index in [1.54, 1.807) is 7.11 Å². The normalized spacial score (nSPS) is 19.1. The third-order valence-electron chi connectivity index (χ3n) is 3.26. The molecule has 2 rings (SSSR count). The molecular formula is C13H15BrClNO2. The van der Waals surface area contributed by atoms with Gasteiger partial charge < -0.3 is 9.64 Å². The minimum atomic E-state index is 0.0673. The summed E-state index contributed by atoms with van der Waals surface area (Å²) in [6.07, 6.45) is 1.96. The van der Waals surface area contributed by atoms with Crippen LogP contribution in [0.4, 0.5) is 0 Å². The summed E-state index contributed by atoms with van der Waals surface area (Å²) >= 11 is 9.55. The van der Waals surface area contributed by atoms with Gasteiger partial charge in [-0.1, -0.05) is 39.7 Å². The molecule has 18 heavy (non-hydrogen) atoms. The van der Waals surface area contributed by atoms with E-state index in [1.165, 1.54) is 0 Å². The second-order valence-corrected chi connectivity index (χ2v) is 5.18. The molecule has 98 valence electrons. The number of likely N-dealkylation sites (tertiary alicyclic amines) is 1. The number of methoxy groups -OCH3 is 1. The van der Waals surface area contributed by atoms with Crippen molar-refractivity contribution in [1.82, 2.24) is 4.90 Å². The van der Waals surface area contributed by atoms with E-state index in [0.29, 0.717) is 16.1 Å². The molecule has 1 aromatic carbocycles. The summed E-state index contributed by atoms with van der Waals surface area (Å²) in [5, 5.41) is 0.963. The predicted molar refractivity (Wildman–Crippen MR) is 75.5 cm³/mol. The van der Waals surface area contributed by atoms with Crippen molar-refractivity contribution in [2.75, 3.05) is 19.0 Å². The minimum Gasteiger partial charge on any atom is -0.495 e. The van der Waals surface area contributed by atoms with Crippen LogP contribution in [-0.4, -0.2) is 29.8 Å². The van der Waals surface area contributed by atoms with Crippen molar-refractivity contribution >= 4 is 33.4 Å². The maximum absolute atomic E-state index is 11.9. The van der Waals surface area contributed by atoms with E-state index in [1.807, 2.05) is 23.1 Å². The molecular weight excluding hydrogens is 318 g/mol. The highest BCUT2D eigenvalue weighted by molar-refractivity contribution is 9.09. The largest absolute Gasteiger partial charge is 0.495 e. The summed E-state index contributed by atoms with van der Waals surface area (Å²) in [7, 11) is 1.60. The third kappa shape index (κ3) is 2.50. The molecule has 0 unspecified atom stereocenters. The Labute approximate surface area is 120 Å². The number of rotatable bonds is 3. The number of ether oxygens (including phenoxy) is 1. The van der Waals surface area contributed by atoms with Crippen LogP contribution in [0.3, 0.4) is 0 Å². The highest BCUT2D eigenvalue weighted by atomic mass is 79.9. The highest BCUT2D eigenvalue weighted by Gasteiger charge is 2.31. The van der Waals surface area contributed by atoms with Crippen LogP contribution in [0.2, 0.25) is 5.02 Å². The van der Waals surface area contributed by atoms with Gasteiger partial charge in [0.2, 0.25) is 5.91 Å². The van der Waals surface area contributed by atoms with Crippen molar-refractivity contribution in [3.8, 4) is 5.75 Å². The van der Waals surface area contributed by atoms with Crippen LogP contribution in [0.25, 0.3) is 0 Å². The lowest BCUT2D eigenvalue weighted by molar-refractivity contribution is -0.129. The second-order valence-electron chi connectivity index (χ2n) is 4.24. The van der Waals surface area contributed by atoms with Crippen molar-refractivity contribution < 1.29 is 9.53 Å². The third-order valence-corrected chi connectivity index (χ3v) is 4.14. The number of carbonyl (C=O) groups is 1. The van der Waals surface area contributed by atoms with Crippen molar-refractivity contribution in [2.24, 2.45) is 0 Å². The molecule has 0 saturated carbocycles. The molecule has 0 radical (unpaired) electrons. The monoisotopic (exact) mass is 331 g/mol. The first-order chi connectivity index (χ1) is 8.69. The predicted octanol–water partition coefficient (Wildman–Crippen LogP) is 3.41. The average Bonchev–Trinajstić information content (AvgIpc) is 2.87. The average molecular weight is 333 g/mol. The Morgan fingerprint density at radius 1 is 1.61 bits per heavy atom. The molecule has 1 aliphatic rings. The van der Waals surface area contributed by atoms with E-state index in [0.717, 1.165) is 24.9 Å². The number of carbonyl (C=O) groups excluding carboxylic acids is 1. The molecule has 0 aliphatic carbocycles. The molecule has 3 nitrogen and oxygen atoms in total. The molecule has 1 aromatic rings. The molecule has 0 bridgehead atoms. The number of amides is 1. The summed E-state index contributed by atoms with van der Waals surface area (Å²) < 4.78 is 5.22. The van der Waals surface area contributed by atoms with Crippen molar-refractivity contribution in [3.63, 3.8) is 0 Å². The lowest BCUT2D eigenvalue weighted by Crippen LogP contribution is -2.31. The number of hydrogen-bond donors (Lipinski definition) is 0. The first kappa shape index (κ1) is 13.7.